The van der Waals surface area contributed by atoms with Crippen molar-refractivity contribution in [2.24, 2.45) is 0 Å². The molecule has 1 N–H and O–H groups in total. The molecule has 0 fully saturated rings. The van der Waals surface area contributed by atoms with E-state index in [4.69, 9.17) is 0 Å². The lowest BCUT2D eigenvalue weighted by Gasteiger charge is -2.23. The molecule has 27 heavy (non-hydrogen) atoms. The van der Waals surface area contributed by atoms with Gasteiger partial charge in [-0.05, 0) is 36.8 Å². The Morgan fingerprint density at radius 3 is 2.37 bits per heavy atom. The molecule has 0 atom stereocenters. The molecule has 0 unspecified atom stereocenters. The van der Waals surface area contributed by atoms with Gasteiger partial charge in [-0.3, -0.25) is 13.9 Å². The number of carbonyl (C=O) groups excluding carboxylic acids is 2. The maximum Gasteiger partial charge on any atom is 0.232 e. The highest BCUT2D eigenvalue weighted by atomic mass is 32.2. The third-order valence-corrected chi connectivity index (χ3v) is 5.05. The topological polar surface area (TPSA) is 83.6 Å². The average Bonchev–Trinajstić information content (AvgIpc) is 2.59. The average molecular weight is 392 g/mol. The van der Waals surface area contributed by atoms with Crippen LogP contribution in [0.5, 0.6) is 0 Å². The van der Waals surface area contributed by atoms with Gasteiger partial charge in [-0.15, -0.1) is 0 Å². The number of nitrogens with zero attached hydrogens (tertiary/aromatic N) is 1. The highest BCUT2D eigenvalue weighted by molar-refractivity contribution is 7.92. The maximum absolute atomic E-state index is 12.9. The fourth-order valence-corrected chi connectivity index (χ4v) is 3.43. The Balaban J connectivity index is 2.01. The zero-order valence-electron chi connectivity index (χ0n) is 15.1. The first-order valence-electron chi connectivity index (χ1n) is 8.26. The van der Waals surface area contributed by atoms with Crippen molar-refractivity contribution >= 4 is 27.4 Å². The standard InChI is InChI=1S/C19H21FN2O4S/c1-14(23)16-4-3-5-18(13-16)22(27(2,25)26)11-10-21-19(24)12-15-6-8-17(20)9-7-15/h3-9,13H,10-12H2,1-2H3,(H,21,24). The largest absolute Gasteiger partial charge is 0.354 e. The van der Waals surface area contributed by atoms with Crippen LogP contribution in [-0.4, -0.2) is 39.5 Å². The van der Waals surface area contributed by atoms with Gasteiger partial charge in [0, 0.05) is 12.1 Å². The molecular formula is C19H21FN2O4S. The summed E-state index contributed by atoms with van der Waals surface area (Å²) >= 11 is 0. The number of ketones is 1. The molecule has 8 heteroatoms. The number of rotatable bonds is 8. The molecule has 0 aliphatic rings. The van der Waals surface area contributed by atoms with E-state index < -0.39 is 10.0 Å². The Hall–Kier alpha value is -2.74. The van der Waals surface area contributed by atoms with Crippen molar-refractivity contribution in [2.75, 3.05) is 23.7 Å². The van der Waals surface area contributed by atoms with Gasteiger partial charge in [-0.25, -0.2) is 12.8 Å². The quantitative estimate of drug-likeness (QED) is 0.698. The van der Waals surface area contributed by atoms with Gasteiger partial charge >= 0.3 is 0 Å². The van der Waals surface area contributed by atoms with Crippen molar-refractivity contribution in [2.45, 2.75) is 13.3 Å². The summed E-state index contributed by atoms with van der Waals surface area (Å²) < 4.78 is 38.2. The zero-order chi connectivity index (χ0) is 20.0. The van der Waals surface area contributed by atoms with Gasteiger partial charge in [-0.2, -0.15) is 0 Å². The highest BCUT2D eigenvalue weighted by Gasteiger charge is 2.18. The molecule has 0 aromatic heterocycles. The second-order valence-electron chi connectivity index (χ2n) is 6.09. The predicted molar refractivity (Wildman–Crippen MR) is 102 cm³/mol. The Morgan fingerprint density at radius 1 is 1.11 bits per heavy atom. The molecule has 0 bridgehead atoms. The molecule has 6 nitrogen and oxygen atoms in total. The Bertz CT molecular complexity index is 927. The molecule has 0 radical (unpaired) electrons. The second kappa shape index (κ2) is 8.77. The van der Waals surface area contributed by atoms with Gasteiger partial charge in [0.15, 0.2) is 5.78 Å². The van der Waals surface area contributed by atoms with Gasteiger partial charge in [0.25, 0.3) is 0 Å². The van der Waals surface area contributed by atoms with Gasteiger partial charge in [0.05, 0.1) is 24.9 Å². The minimum absolute atomic E-state index is 0.0232. The van der Waals surface area contributed by atoms with Crippen LogP contribution in [-0.2, 0) is 21.2 Å². The number of carbonyl (C=O) groups is 2. The summed E-state index contributed by atoms with van der Waals surface area (Å²) in [6.45, 7) is 1.52. The van der Waals surface area contributed by atoms with Crippen molar-refractivity contribution in [3.05, 3.63) is 65.5 Å². The van der Waals surface area contributed by atoms with Crippen molar-refractivity contribution < 1.29 is 22.4 Å². The van der Waals surface area contributed by atoms with E-state index in [0.29, 0.717) is 16.8 Å². The van der Waals surface area contributed by atoms with Crippen LogP contribution >= 0.6 is 0 Å². The molecule has 1 amide bonds. The van der Waals surface area contributed by atoms with Crippen molar-refractivity contribution in [3.8, 4) is 0 Å². The minimum Gasteiger partial charge on any atom is -0.354 e. The number of anilines is 1. The smallest absolute Gasteiger partial charge is 0.232 e. The molecule has 0 saturated heterocycles. The number of hydrogen-bond donors (Lipinski definition) is 1. The lowest BCUT2D eigenvalue weighted by Crippen LogP contribution is -2.38. The number of hydrogen-bond acceptors (Lipinski definition) is 4. The van der Waals surface area contributed by atoms with Crippen molar-refractivity contribution in [1.82, 2.24) is 5.32 Å². The van der Waals surface area contributed by atoms with E-state index in [2.05, 4.69) is 5.32 Å². The number of Topliss-reactive ketones (excluding diaryl/α,β-unsaturated/α-hetero) is 1. The maximum atomic E-state index is 12.9. The fraction of sp³-hybridized carbons (Fsp3) is 0.263. The predicted octanol–water partition coefficient (Wildman–Crippen LogP) is 2.15. The molecule has 0 heterocycles. The van der Waals surface area contributed by atoms with Crippen LogP contribution < -0.4 is 9.62 Å². The first-order valence-corrected chi connectivity index (χ1v) is 10.1. The molecule has 2 rings (SSSR count). The lowest BCUT2D eigenvalue weighted by molar-refractivity contribution is -0.120. The van der Waals surface area contributed by atoms with E-state index in [0.717, 1.165) is 10.6 Å². The molecule has 0 saturated carbocycles. The van der Waals surface area contributed by atoms with Gasteiger partial charge in [0.2, 0.25) is 15.9 Å². The van der Waals surface area contributed by atoms with Crippen molar-refractivity contribution in [1.29, 1.82) is 0 Å². The van der Waals surface area contributed by atoms with Crippen LogP contribution in [0.1, 0.15) is 22.8 Å². The SMILES string of the molecule is CC(=O)c1cccc(N(CCNC(=O)Cc2ccc(F)cc2)S(C)(=O)=O)c1. The van der Waals surface area contributed by atoms with Gasteiger partial charge in [-0.1, -0.05) is 24.3 Å². The number of halogens is 1. The zero-order valence-corrected chi connectivity index (χ0v) is 15.9. The highest BCUT2D eigenvalue weighted by Crippen LogP contribution is 2.19. The minimum atomic E-state index is -3.59. The van der Waals surface area contributed by atoms with Gasteiger partial charge in [0.1, 0.15) is 5.82 Å². The van der Waals surface area contributed by atoms with E-state index in [1.54, 1.807) is 18.2 Å². The van der Waals surface area contributed by atoms with Crippen LogP contribution in [0.25, 0.3) is 0 Å². The van der Waals surface area contributed by atoms with Crippen LogP contribution in [0.3, 0.4) is 0 Å². The van der Waals surface area contributed by atoms with E-state index in [1.807, 2.05) is 0 Å². The number of sulfonamides is 1. The fourth-order valence-electron chi connectivity index (χ4n) is 2.51. The van der Waals surface area contributed by atoms with Crippen LogP contribution in [0.15, 0.2) is 48.5 Å². The lowest BCUT2D eigenvalue weighted by atomic mass is 10.1. The van der Waals surface area contributed by atoms with E-state index in [9.17, 15) is 22.4 Å². The second-order valence-corrected chi connectivity index (χ2v) is 8.00. The number of amides is 1. The number of benzene rings is 2. The van der Waals surface area contributed by atoms with Crippen molar-refractivity contribution in [3.63, 3.8) is 0 Å². The molecule has 144 valence electrons. The molecule has 2 aromatic rings. The summed E-state index contributed by atoms with van der Waals surface area (Å²) in [6.07, 6.45) is 1.13. The van der Waals surface area contributed by atoms with Gasteiger partial charge < -0.3 is 5.32 Å². The Labute approximate surface area is 158 Å². The van der Waals surface area contributed by atoms with Crippen LogP contribution in [0, 0.1) is 5.82 Å². The summed E-state index contributed by atoms with van der Waals surface area (Å²) in [7, 11) is -3.59. The van der Waals surface area contributed by atoms with E-state index in [1.165, 1.54) is 37.3 Å². The monoisotopic (exact) mass is 392 g/mol. The summed E-state index contributed by atoms with van der Waals surface area (Å²) in [5.41, 5.74) is 1.42. The van der Waals surface area contributed by atoms with Crippen LogP contribution in [0.2, 0.25) is 0 Å². The first kappa shape index (κ1) is 20.6. The summed E-state index contributed by atoms with van der Waals surface area (Å²) in [5.74, 6) is -0.846. The third kappa shape index (κ3) is 6.18. The van der Waals surface area contributed by atoms with Crippen LogP contribution in [0.4, 0.5) is 10.1 Å². The normalized spacial score (nSPS) is 11.1. The Kier molecular flexibility index (Phi) is 6.68. The summed E-state index contributed by atoms with van der Waals surface area (Å²) in [5, 5.41) is 2.65. The molecule has 2 aromatic carbocycles. The van der Waals surface area contributed by atoms with E-state index >= 15 is 0 Å². The molecular weight excluding hydrogens is 371 g/mol. The van der Waals surface area contributed by atoms with E-state index in [-0.39, 0.29) is 37.0 Å². The molecule has 0 aliphatic heterocycles. The molecule has 0 spiro atoms. The molecule has 0 aliphatic carbocycles. The Morgan fingerprint density at radius 2 is 1.78 bits per heavy atom. The summed E-state index contributed by atoms with van der Waals surface area (Å²) in [6, 6.07) is 11.9. The summed E-state index contributed by atoms with van der Waals surface area (Å²) in [4.78, 5) is 23.5. The third-order valence-electron chi connectivity index (χ3n) is 3.86. The number of nitrogens with one attached hydrogen (secondary N) is 1. The first-order chi connectivity index (χ1) is 12.7.